The van der Waals surface area contributed by atoms with Gasteiger partial charge in [-0.25, -0.2) is 0 Å². The molecule has 30 nitrogen and oxygen atoms in total. The van der Waals surface area contributed by atoms with E-state index in [4.69, 9.17) is 91.1 Å². The van der Waals surface area contributed by atoms with Crippen LogP contribution >= 0.6 is 0 Å². The lowest BCUT2D eigenvalue weighted by Gasteiger charge is -2.29. The van der Waals surface area contributed by atoms with Crippen LogP contribution in [0.5, 0.6) is 0 Å². The molecule has 0 radical (unpaired) electrons. The summed E-state index contributed by atoms with van der Waals surface area (Å²) in [5.41, 5.74) is 78.6. The highest BCUT2D eigenvalue weighted by atomic mass is 15.2. The summed E-state index contributed by atoms with van der Waals surface area (Å²) in [4.78, 5) is 39.9. The number of nitrogens with two attached hydrogens (primary N) is 14. The summed E-state index contributed by atoms with van der Waals surface area (Å²) < 4.78 is 0. The number of nitrogens with zero attached hydrogens (tertiary/aromatic N) is 12. The van der Waals surface area contributed by atoms with Crippen molar-refractivity contribution in [1.82, 2.24) is 40.0 Å². The Morgan fingerprint density at radius 1 is 0.243 bits per heavy atom. The summed E-state index contributed by atoms with van der Waals surface area (Å²) in [5.74, 6) is 0.396. The van der Waals surface area contributed by atoms with Gasteiger partial charge in [0.25, 0.3) is 0 Å². The minimum atomic E-state index is -0.0387. The van der Waals surface area contributed by atoms with E-state index in [2.05, 4.69) is 70.0 Å². The molecule has 0 amide bonds. The zero-order chi connectivity index (χ0) is 55.2. The van der Waals surface area contributed by atoms with Gasteiger partial charge in [0.05, 0.1) is 26.2 Å². The molecule has 0 heterocycles. The van der Waals surface area contributed by atoms with E-state index in [0.717, 1.165) is 182 Å². The second kappa shape index (κ2) is 45.5. The Morgan fingerprint density at radius 2 is 0.432 bits per heavy atom. The van der Waals surface area contributed by atoms with E-state index >= 15 is 0 Å². The Labute approximate surface area is 442 Å². The molecule has 0 unspecified atom stereocenters. The minimum Gasteiger partial charge on any atom is -0.370 e. The monoisotopic (exact) mass is 1050 g/mol. The maximum atomic E-state index is 7.53. The molecule has 0 rings (SSSR count). The normalized spacial score (nSPS) is 11.3. The van der Waals surface area contributed by atoms with Crippen molar-refractivity contribution in [2.24, 2.45) is 110 Å². The van der Waals surface area contributed by atoms with Gasteiger partial charge in [0.1, 0.15) is 0 Å². The standard InChI is InChI=1S/C44H104N30/c45-37(46)61-11-3-21-71(33-15-65-41(53)54)29-7-25-69(26-8-30-72(34-16-66-42(55)56)22-4-12-62-38(47)48)19-1-2-20-70(27-9-31-73(35-17-67-43(57)58)23-5-13-63-39(49)50)28-10-32-74(36-18-68-44(59)60)24-6-14-64-40(51)52/h1-36H2,(H4,45,46,61)(H4,47,48,62)(H4,49,50,63)(H4,51,52,64)(H4,53,54,65)(H4,55,56,66)(H4,57,58,67)(H4,59,60,68). The minimum absolute atomic E-state index is 0.0387. The van der Waals surface area contributed by atoms with Crippen LogP contribution in [0.2, 0.25) is 0 Å². The first-order valence-electron chi connectivity index (χ1n) is 26.2. The molecule has 0 saturated carbocycles. The first kappa shape index (κ1) is 67.9. The molecule has 0 atom stereocenters. The van der Waals surface area contributed by atoms with E-state index in [1.54, 1.807) is 0 Å². The smallest absolute Gasteiger partial charge is 0.185 e. The van der Waals surface area contributed by atoms with Crippen molar-refractivity contribution in [2.45, 2.75) is 64.2 Å². The molecule has 0 bridgehead atoms. The average molecular weight is 1050 g/mol. The molecule has 0 spiro atoms. The Balaban J connectivity index is 6.24. The first-order chi connectivity index (χ1) is 35.4. The summed E-state index contributed by atoms with van der Waals surface area (Å²) in [6.07, 6.45) is 9.13. The van der Waals surface area contributed by atoms with Crippen LogP contribution < -0.4 is 90.9 Å². The Morgan fingerprint density at radius 3 is 0.662 bits per heavy atom. The molecule has 430 valence electrons. The van der Waals surface area contributed by atoms with E-state index in [9.17, 15) is 0 Å². The molecular formula is C44H104N30. The van der Waals surface area contributed by atoms with E-state index in [1.165, 1.54) is 0 Å². The van der Waals surface area contributed by atoms with Gasteiger partial charge in [-0.05, 0) is 156 Å². The van der Waals surface area contributed by atoms with Gasteiger partial charge < -0.3 is 120 Å². The number of hydrogen-bond acceptors (Lipinski definition) is 14. The van der Waals surface area contributed by atoms with E-state index in [-0.39, 0.29) is 47.7 Å². The van der Waals surface area contributed by atoms with Crippen LogP contribution in [-0.4, -0.2) is 247 Å². The molecule has 32 N–H and O–H groups in total. The molecule has 0 aliphatic carbocycles. The van der Waals surface area contributed by atoms with Crippen molar-refractivity contribution in [3.63, 3.8) is 0 Å². The third-order valence-electron chi connectivity index (χ3n) is 11.6. The summed E-state index contributed by atoms with van der Waals surface area (Å²) in [6.45, 7) is 19.5. The van der Waals surface area contributed by atoms with Crippen LogP contribution in [0.3, 0.4) is 0 Å². The predicted molar refractivity (Wildman–Crippen MR) is 309 cm³/mol. The predicted octanol–water partition coefficient (Wildman–Crippen LogP) is -6.69. The second-order valence-electron chi connectivity index (χ2n) is 18.1. The van der Waals surface area contributed by atoms with Crippen molar-refractivity contribution in [3.05, 3.63) is 0 Å². The maximum Gasteiger partial charge on any atom is 0.185 e. The van der Waals surface area contributed by atoms with Gasteiger partial charge in [0.15, 0.2) is 47.7 Å². The average Bonchev–Trinajstić information content (AvgIpc) is 3.31. The molecule has 30 heteroatoms. The highest BCUT2D eigenvalue weighted by Crippen LogP contribution is 2.08. The summed E-state index contributed by atoms with van der Waals surface area (Å²) in [5, 5.41) is 20.9. The molecule has 74 heavy (non-hydrogen) atoms. The highest BCUT2D eigenvalue weighted by Gasteiger charge is 2.14. The zero-order valence-electron chi connectivity index (χ0n) is 44.9. The SMILES string of the molecule is N=C(N)NCCCN(CCCN(CCCCN(CCCN(CCCN=C(N)N)CCN=C(N)N)CCCN(CCCN=C(N)N)CCN=C(N)N)CCCN(CCCNC(=N)N)CCN=C(N)N)CCN=C(N)N. The number of hydrogen-bond donors (Lipinski definition) is 18. The van der Waals surface area contributed by atoms with Crippen molar-refractivity contribution < 1.29 is 0 Å². The van der Waals surface area contributed by atoms with Crippen LogP contribution in [0.15, 0.2) is 30.0 Å². The van der Waals surface area contributed by atoms with Gasteiger partial charge in [0.2, 0.25) is 0 Å². The Bertz CT molecular complexity index is 1490. The lowest BCUT2D eigenvalue weighted by molar-refractivity contribution is 0.193. The summed E-state index contributed by atoms with van der Waals surface area (Å²) >= 11 is 0. The second-order valence-corrected chi connectivity index (χ2v) is 18.1. The van der Waals surface area contributed by atoms with Gasteiger partial charge >= 0.3 is 0 Å². The number of nitrogens with one attached hydrogen (secondary N) is 4. The van der Waals surface area contributed by atoms with Crippen molar-refractivity contribution in [3.8, 4) is 0 Å². The van der Waals surface area contributed by atoms with Crippen LogP contribution in [0.4, 0.5) is 0 Å². The van der Waals surface area contributed by atoms with Gasteiger partial charge in [-0.15, -0.1) is 0 Å². The third kappa shape index (κ3) is 47.0. The van der Waals surface area contributed by atoms with E-state index in [0.29, 0.717) is 52.4 Å². The van der Waals surface area contributed by atoms with Crippen LogP contribution in [0.1, 0.15) is 64.2 Å². The van der Waals surface area contributed by atoms with Crippen LogP contribution in [0.25, 0.3) is 0 Å². The summed E-state index contributed by atoms with van der Waals surface area (Å²) in [6, 6.07) is 0. The van der Waals surface area contributed by atoms with Crippen LogP contribution in [-0.2, 0) is 0 Å². The van der Waals surface area contributed by atoms with Crippen LogP contribution in [0, 0.1) is 10.8 Å². The quantitative estimate of drug-likeness (QED) is 0.0153. The summed E-state index contributed by atoms with van der Waals surface area (Å²) in [7, 11) is 0. The Hall–Kier alpha value is -6.08. The molecule has 0 aromatic carbocycles. The molecule has 0 aromatic heterocycles. The number of aliphatic imine (C=N–C) groups is 6. The van der Waals surface area contributed by atoms with Crippen molar-refractivity contribution >= 4 is 47.7 Å². The van der Waals surface area contributed by atoms with Crippen molar-refractivity contribution in [2.75, 3.05) is 170 Å². The third-order valence-corrected chi connectivity index (χ3v) is 11.6. The first-order valence-corrected chi connectivity index (χ1v) is 26.2. The molecule has 0 aromatic rings. The largest absolute Gasteiger partial charge is 0.370 e. The van der Waals surface area contributed by atoms with Gasteiger partial charge in [-0.1, -0.05) is 0 Å². The van der Waals surface area contributed by atoms with E-state index in [1.807, 2.05) is 0 Å². The zero-order valence-corrected chi connectivity index (χ0v) is 44.9. The number of rotatable bonds is 49. The molecule has 0 aliphatic heterocycles. The van der Waals surface area contributed by atoms with Gasteiger partial charge in [0, 0.05) is 52.4 Å². The Kier molecular flexibility index (Phi) is 41.8. The molecule has 0 saturated heterocycles. The molecular weight excluding hydrogens is 949 g/mol. The molecule has 0 fully saturated rings. The maximum absolute atomic E-state index is 7.53. The van der Waals surface area contributed by atoms with Crippen molar-refractivity contribution in [1.29, 1.82) is 10.8 Å². The fraction of sp³-hybridized carbons (Fsp3) is 0.818. The van der Waals surface area contributed by atoms with E-state index < -0.39 is 0 Å². The number of unbranched alkanes of at least 4 members (excludes halogenated alkanes) is 1. The van der Waals surface area contributed by atoms with Gasteiger partial charge in [-0.2, -0.15) is 0 Å². The highest BCUT2D eigenvalue weighted by molar-refractivity contribution is 5.77. The topological polar surface area (TPSA) is 530 Å². The molecule has 0 aliphatic rings. The van der Waals surface area contributed by atoms with Gasteiger partial charge in [-0.3, -0.25) is 40.8 Å². The fourth-order valence-electron chi connectivity index (χ4n) is 8.09. The lowest BCUT2D eigenvalue weighted by Crippen LogP contribution is -2.38. The number of guanidine groups is 8. The lowest BCUT2D eigenvalue weighted by atomic mass is 10.2. The fourth-order valence-corrected chi connectivity index (χ4v) is 8.09.